The van der Waals surface area contributed by atoms with E-state index in [0.717, 1.165) is 0 Å². The molecular weight excluding hydrogens is 492 g/mol. The van der Waals surface area contributed by atoms with Crippen LogP contribution in [0.1, 0.15) is 0 Å². The normalized spacial score (nSPS) is 12.1. The minimum absolute atomic E-state index is 1.24. The average molecular weight is 515 g/mol. The molecule has 0 unspecified atom stereocenters. The Labute approximate surface area is 228 Å². The van der Waals surface area contributed by atoms with E-state index in [1.165, 1.54) is 75.7 Å². The van der Waals surface area contributed by atoms with Crippen molar-refractivity contribution in [3.63, 3.8) is 0 Å². The van der Waals surface area contributed by atoms with Gasteiger partial charge in [0.15, 0.2) is 0 Å². The van der Waals surface area contributed by atoms with E-state index in [2.05, 4.69) is 142 Å². The summed E-state index contributed by atoms with van der Waals surface area (Å²) in [6.45, 7) is 0. The van der Waals surface area contributed by atoms with Crippen LogP contribution < -0.4 is 0 Å². The molecule has 0 N–H and O–H groups in total. The first kappa shape index (κ1) is 21.1. The predicted molar refractivity (Wildman–Crippen MR) is 167 cm³/mol. The molecule has 0 aliphatic carbocycles. The molecule has 0 spiro atoms. The van der Waals surface area contributed by atoms with Crippen molar-refractivity contribution in [1.29, 1.82) is 0 Å². The monoisotopic (exact) mass is 514 g/mol. The zero-order chi connectivity index (χ0) is 25.5. The molecule has 0 saturated heterocycles. The summed E-state index contributed by atoms with van der Waals surface area (Å²) < 4.78 is 7.54. The number of hydrogen-bond donors (Lipinski definition) is 0. The van der Waals surface area contributed by atoms with E-state index in [9.17, 15) is 0 Å². The maximum absolute atomic E-state index is 2.49. The minimum Gasteiger partial charge on any atom is -0.305 e. The molecular formula is C36H22N2S. The van der Waals surface area contributed by atoms with Gasteiger partial charge in [-0.15, -0.1) is 11.3 Å². The van der Waals surface area contributed by atoms with Crippen molar-refractivity contribution in [1.82, 2.24) is 8.97 Å². The molecule has 0 fully saturated rings. The van der Waals surface area contributed by atoms with Crippen LogP contribution >= 0.6 is 11.3 Å². The first-order chi connectivity index (χ1) is 19.3. The molecule has 182 valence electrons. The smallest absolute Gasteiger partial charge is 0.0878 e. The third kappa shape index (κ3) is 2.91. The molecule has 0 radical (unpaired) electrons. The lowest BCUT2D eigenvalue weighted by Crippen LogP contribution is -2.07. The second-order valence-electron chi connectivity index (χ2n) is 10.2. The van der Waals surface area contributed by atoms with Crippen LogP contribution in [0.2, 0.25) is 0 Å². The van der Waals surface area contributed by atoms with Gasteiger partial charge >= 0.3 is 0 Å². The molecule has 0 amide bonds. The average Bonchev–Trinajstić information content (AvgIpc) is 3.34. The van der Waals surface area contributed by atoms with E-state index in [0.29, 0.717) is 0 Å². The van der Waals surface area contributed by atoms with E-state index in [4.69, 9.17) is 0 Å². The Kier molecular flexibility index (Phi) is 4.24. The highest BCUT2D eigenvalue weighted by molar-refractivity contribution is 7.24. The summed E-state index contributed by atoms with van der Waals surface area (Å²) in [6.07, 6.45) is 0. The van der Waals surface area contributed by atoms with Crippen molar-refractivity contribution < 1.29 is 0 Å². The lowest BCUT2D eigenvalue weighted by atomic mass is 10.0. The second-order valence-corrected chi connectivity index (χ2v) is 11.3. The van der Waals surface area contributed by atoms with Gasteiger partial charge in [-0.1, -0.05) is 91.0 Å². The van der Waals surface area contributed by atoms with Crippen molar-refractivity contribution in [3.8, 4) is 27.9 Å². The SMILES string of the molecule is c1ccc(-c2ccc3c(c2)sc2cccc4c2-n3c2cccc3c5cc(-c6ccccc6)ccc5n4c32)cc1. The third-order valence-corrected chi connectivity index (χ3v) is 9.18. The first-order valence-corrected chi connectivity index (χ1v) is 14.1. The zero-order valence-corrected chi connectivity index (χ0v) is 21.8. The molecule has 2 aliphatic rings. The fourth-order valence-corrected chi connectivity index (χ4v) is 7.50. The van der Waals surface area contributed by atoms with E-state index < -0.39 is 0 Å². The number of aromatic nitrogens is 2. The molecule has 0 saturated carbocycles. The summed E-state index contributed by atoms with van der Waals surface area (Å²) in [5.41, 5.74) is 12.5. The highest BCUT2D eigenvalue weighted by Crippen LogP contribution is 2.43. The largest absolute Gasteiger partial charge is 0.305 e. The quantitative estimate of drug-likeness (QED) is 0.160. The number of para-hydroxylation sites is 2. The van der Waals surface area contributed by atoms with Crippen LogP contribution in [-0.2, 0) is 0 Å². The van der Waals surface area contributed by atoms with Gasteiger partial charge in [-0.25, -0.2) is 0 Å². The Morgan fingerprint density at radius 2 is 1.08 bits per heavy atom. The lowest BCUT2D eigenvalue weighted by molar-refractivity contribution is 1.14. The van der Waals surface area contributed by atoms with Crippen LogP contribution in [0, 0.1) is 0 Å². The van der Waals surface area contributed by atoms with Gasteiger partial charge in [-0.05, 0) is 64.7 Å². The Morgan fingerprint density at radius 3 is 1.85 bits per heavy atom. The van der Waals surface area contributed by atoms with Crippen molar-refractivity contribution in [2.45, 2.75) is 0 Å². The van der Waals surface area contributed by atoms with Gasteiger partial charge < -0.3 is 8.97 Å². The highest BCUT2D eigenvalue weighted by Gasteiger charge is 2.22. The Bertz CT molecular complexity index is 2320. The highest BCUT2D eigenvalue weighted by atomic mass is 32.1. The summed E-state index contributed by atoms with van der Waals surface area (Å²) in [5, 5.41) is 2.58. The van der Waals surface area contributed by atoms with Crippen molar-refractivity contribution in [3.05, 3.63) is 133 Å². The number of rotatable bonds is 2. The van der Waals surface area contributed by atoms with Crippen LogP contribution in [-0.4, -0.2) is 8.97 Å². The number of benzene rings is 6. The fourth-order valence-electron chi connectivity index (χ4n) is 6.37. The van der Waals surface area contributed by atoms with Gasteiger partial charge in [-0.2, -0.15) is 0 Å². The van der Waals surface area contributed by atoms with E-state index in [-0.39, 0.29) is 0 Å². The van der Waals surface area contributed by atoms with Gasteiger partial charge in [0.05, 0.1) is 42.7 Å². The fraction of sp³-hybridized carbons (Fsp3) is 0. The van der Waals surface area contributed by atoms with Gasteiger partial charge in [0.1, 0.15) is 0 Å². The Morgan fingerprint density at radius 1 is 0.410 bits per heavy atom. The maximum atomic E-state index is 2.49. The molecule has 2 nitrogen and oxygen atoms in total. The van der Waals surface area contributed by atoms with Gasteiger partial charge in [0, 0.05) is 10.8 Å². The Balaban J connectivity index is 1.45. The van der Waals surface area contributed by atoms with Crippen LogP contribution in [0.3, 0.4) is 0 Å². The summed E-state index contributed by atoms with van der Waals surface area (Å²) >= 11 is 1.88. The maximum Gasteiger partial charge on any atom is 0.0878 e. The standard InChI is InChI=1S/C36H22N2S/c1-3-9-23(10-4-1)25-17-19-29-28(21-25)27-13-7-14-31-35(27)37(29)32-15-8-16-33-36(32)38(31)30-20-18-26(22-34(30)39-33)24-11-5-2-6-12-24/h1-22H. The summed E-state index contributed by atoms with van der Waals surface area (Å²) in [5.74, 6) is 0. The molecule has 2 aliphatic heterocycles. The summed E-state index contributed by atoms with van der Waals surface area (Å²) in [4.78, 5) is 0. The van der Waals surface area contributed by atoms with Crippen molar-refractivity contribution in [2.24, 2.45) is 0 Å². The third-order valence-electron chi connectivity index (χ3n) is 8.08. The summed E-state index contributed by atoms with van der Waals surface area (Å²) in [7, 11) is 0. The Hall–Kier alpha value is -4.86. The van der Waals surface area contributed by atoms with Crippen LogP contribution in [0.4, 0.5) is 0 Å². The van der Waals surface area contributed by atoms with Crippen molar-refractivity contribution >= 4 is 59.1 Å². The first-order valence-electron chi connectivity index (χ1n) is 13.3. The van der Waals surface area contributed by atoms with E-state index >= 15 is 0 Å². The van der Waals surface area contributed by atoms with Crippen LogP contribution in [0.25, 0.3) is 75.7 Å². The molecule has 0 bridgehead atoms. The molecule has 0 atom stereocenters. The molecule has 3 heterocycles. The lowest BCUT2D eigenvalue weighted by Gasteiger charge is -2.22. The van der Waals surface area contributed by atoms with Crippen LogP contribution in [0.5, 0.6) is 0 Å². The predicted octanol–water partition coefficient (Wildman–Crippen LogP) is 10.2. The van der Waals surface area contributed by atoms with Crippen molar-refractivity contribution in [2.75, 3.05) is 0 Å². The molecule has 6 aromatic carbocycles. The number of nitrogens with zero attached hydrogens (tertiary/aromatic N) is 2. The molecule has 9 rings (SSSR count). The number of hydrogen-bond acceptors (Lipinski definition) is 1. The number of fused-ring (bicyclic) bond motifs is 7. The molecule has 7 aromatic rings. The van der Waals surface area contributed by atoms with E-state index in [1.54, 1.807) is 0 Å². The zero-order valence-electron chi connectivity index (χ0n) is 21.0. The van der Waals surface area contributed by atoms with Gasteiger partial charge in [0.25, 0.3) is 0 Å². The molecule has 1 aromatic heterocycles. The van der Waals surface area contributed by atoms with Crippen LogP contribution in [0.15, 0.2) is 133 Å². The molecule has 3 heteroatoms. The topological polar surface area (TPSA) is 9.34 Å². The minimum atomic E-state index is 1.24. The van der Waals surface area contributed by atoms with Gasteiger partial charge in [-0.3, -0.25) is 0 Å². The van der Waals surface area contributed by atoms with Gasteiger partial charge in [0.2, 0.25) is 0 Å². The van der Waals surface area contributed by atoms with E-state index in [1.807, 2.05) is 11.3 Å². The molecule has 39 heavy (non-hydrogen) atoms. The second kappa shape index (κ2) is 7.83. The summed E-state index contributed by atoms with van der Waals surface area (Å²) in [6, 6.07) is 48.7.